The van der Waals surface area contributed by atoms with Gasteiger partial charge in [0, 0.05) is 39.3 Å². The van der Waals surface area contributed by atoms with Gasteiger partial charge in [-0.3, -0.25) is 4.90 Å². The lowest BCUT2D eigenvalue weighted by Crippen LogP contribution is -2.17. The summed E-state index contributed by atoms with van der Waals surface area (Å²) in [5.41, 5.74) is 13.4. The molecule has 0 N–H and O–H groups in total. The van der Waals surface area contributed by atoms with Gasteiger partial charge in [-0.15, -0.1) is 0 Å². The Morgan fingerprint density at radius 2 is 1.19 bits per heavy atom. The Balaban J connectivity index is 1.11. The van der Waals surface area contributed by atoms with Crippen molar-refractivity contribution in [3.05, 3.63) is 211 Å². The van der Waals surface area contributed by atoms with Crippen molar-refractivity contribution >= 4 is 71.3 Å². The van der Waals surface area contributed by atoms with E-state index in [-0.39, 0.29) is 0 Å². The minimum Gasteiger partial charge on any atom is -0.309 e. The van der Waals surface area contributed by atoms with Gasteiger partial charge in [-0.25, -0.2) is 4.98 Å². The smallest absolute Gasteiger partial charge is 0.141 e. The number of anilines is 3. The molecule has 0 saturated carbocycles. The van der Waals surface area contributed by atoms with Crippen molar-refractivity contribution < 1.29 is 0 Å². The number of para-hydroxylation sites is 1. The summed E-state index contributed by atoms with van der Waals surface area (Å²) in [4.78, 5) is 7.71. The molecule has 0 aliphatic heterocycles. The van der Waals surface area contributed by atoms with Gasteiger partial charge in [0.25, 0.3) is 0 Å². The van der Waals surface area contributed by atoms with E-state index in [0.717, 1.165) is 35.7 Å². The monoisotopic (exact) mass is 739 g/mol. The van der Waals surface area contributed by atoms with Crippen LogP contribution in [0.25, 0.3) is 82.1 Å². The van der Waals surface area contributed by atoms with E-state index < -0.39 is 0 Å². The van der Waals surface area contributed by atoms with Crippen LogP contribution in [-0.4, -0.2) is 9.55 Å². The lowest BCUT2D eigenvalue weighted by atomic mass is 9.86. The van der Waals surface area contributed by atoms with Crippen molar-refractivity contribution in [3.8, 4) is 27.9 Å². The summed E-state index contributed by atoms with van der Waals surface area (Å²) in [6.07, 6.45) is 3.90. The Hall–Kier alpha value is -7.49. The fourth-order valence-electron chi connectivity index (χ4n) is 9.69. The van der Waals surface area contributed by atoms with Crippen molar-refractivity contribution in [2.75, 3.05) is 4.90 Å². The number of nitrogens with zero attached hydrogens (tertiary/aromatic N) is 3. The molecule has 0 atom stereocenters. The van der Waals surface area contributed by atoms with E-state index in [1.807, 2.05) is 6.20 Å². The number of fused-ring (bicyclic) bond motifs is 10. The molecule has 2 aromatic heterocycles. The summed E-state index contributed by atoms with van der Waals surface area (Å²) in [7, 11) is 0. The molecular weight excluding hydrogens is 703 g/mol. The van der Waals surface area contributed by atoms with Gasteiger partial charge in [0.05, 0.1) is 16.7 Å². The highest BCUT2D eigenvalue weighted by atomic mass is 15.2. The molecule has 12 rings (SSSR count). The Morgan fingerprint density at radius 1 is 0.448 bits per heavy atom. The van der Waals surface area contributed by atoms with Gasteiger partial charge in [0.15, 0.2) is 0 Å². The molecule has 1 aliphatic rings. The van der Waals surface area contributed by atoms with Gasteiger partial charge in [0.1, 0.15) is 5.82 Å². The van der Waals surface area contributed by atoms with E-state index in [4.69, 9.17) is 4.98 Å². The molecule has 0 bridgehead atoms. The molecule has 0 saturated heterocycles. The predicted octanol–water partition coefficient (Wildman–Crippen LogP) is 14.5. The molecule has 272 valence electrons. The minimum atomic E-state index is 0.919. The second-order valence-electron chi connectivity index (χ2n) is 15.4. The first-order chi connectivity index (χ1) is 28.8. The van der Waals surface area contributed by atoms with Crippen LogP contribution in [0.1, 0.15) is 11.1 Å². The van der Waals surface area contributed by atoms with Crippen molar-refractivity contribution in [2.45, 2.75) is 12.8 Å². The summed E-state index contributed by atoms with van der Waals surface area (Å²) in [5, 5.41) is 9.86. The van der Waals surface area contributed by atoms with Crippen molar-refractivity contribution in [1.29, 1.82) is 0 Å². The normalized spacial score (nSPS) is 12.3. The van der Waals surface area contributed by atoms with Crippen molar-refractivity contribution in [2.24, 2.45) is 0 Å². The molecule has 58 heavy (non-hydrogen) atoms. The van der Waals surface area contributed by atoms with E-state index in [9.17, 15) is 0 Å². The second-order valence-corrected chi connectivity index (χ2v) is 15.4. The third kappa shape index (κ3) is 5.03. The first-order valence-corrected chi connectivity index (χ1v) is 20.2. The molecule has 1 aliphatic carbocycles. The fourth-order valence-corrected chi connectivity index (χ4v) is 9.69. The van der Waals surface area contributed by atoms with Crippen LogP contribution in [0, 0.1) is 0 Å². The van der Waals surface area contributed by atoms with Gasteiger partial charge >= 0.3 is 0 Å². The van der Waals surface area contributed by atoms with Crippen molar-refractivity contribution in [3.63, 3.8) is 0 Å². The molecule has 0 unspecified atom stereocenters. The first kappa shape index (κ1) is 32.7. The Bertz CT molecular complexity index is 3410. The highest BCUT2D eigenvalue weighted by Gasteiger charge is 2.26. The number of rotatable bonds is 5. The van der Waals surface area contributed by atoms with Gasteiger partial charge in [-0.2, -0.15) is 0 Å². The standard InChI is InChI=1S/C55H37N3/c1-2-13-36(14-3-1)50-35-42(34-39-17-6-8-20-44(39)50)58(55-48-28-25-37-15-4-7-19-43(37)47(48)31-32-56-55)51-24-12-18-40-33-41(27-29-45(40)51)57-52-23-11-10-22-49(52)54-46-21-9-5-16-38(46)26-30-53(54)57/h1-24,26-27,29-35H,25,28H2. The van der Waals surface area contributed by atoms with Crippen LogP contribution in [0.5, 0.6) is 0 Å². The highest BCUT2D eigenvalue weighted by molar-refractivity contribution is 6.21. The van der Waals surface area contributed by atoms with Crippen LogP contribution >= 0.6 is 0 Å². The van der Waals surface area contributed by atoms with E-state index in [0.29, 0.717) is 0 Å². The van der Waals surface area contributed by atoms with Gasteiger partial charge in [0.2, 0.25) is 0 Å². The molecule has 0 spiro atoms. The average Bonchev–Trinajstić information content (AvgIpc) is 3.64. The summed E-state index contributed by atoms with van der Waals surface area (Å²) < 4.78 is 2.43. The highest BCUT2D eigenvalue weighted by Crippen LogP contribution is 2.47. The maximum absolute atomic E-state index is 5.28. The maximum Gasteiger partial charge on any atom is 0.141 e. The summed E-state index contributed by atoms with van der Waals surface area (Å²) in [6, 6.07) is 71.1. The molecule has 11 aromatic rings. The van der Waals surface area contributed by atoms with E-state index in [1.165, 1.54) is 87.5 Å². The number of pyridine rings is 1. The number of hydrogen-bond donors (Lipinski definition) is 0. The van der Waals surface area contributed by atoms with Crippen molar-refractivity contribution in [1.82, 2.24) is 9.55 Å². The van der Waals surface area contributed by atoms with Crippen LogP contribution < -0.4 is 4.90 Å². The lowest BCUT2D eigenvalue weighted by molar-refractivity contribution is 0.926. The average molecular weight is 740 g/mol. The third-order valence-corrected chi connectivity index (χ3v) is 12.3. The minimum absolute atomic E-state index is 0.919. The summed E-state index contributed by atoms with van der Waals surface area (Å²) in [5.74, 6) is 0.979. The predicted molar refractivity (Wildman–Crippen MR) is 244 cm³/mol. The molecule has 0 amide bonds. The SMILES string of the molecule is c1ccc(-c2cc(N(c3nccc4c3CCc3ccccc3-4)c3cccc4cc(-n5c6ccccc6c6c7ccccc7ccc65)ccc34)cc3ccccc23)cc1. The number of benzene rings is 9. The maximum atomic E-state index is 5.28. The Kier molecular flexibility index (Phi) is 7.36. The number of aromatic nitrogens is 2. The van der Waals surface area contributed by atoms with Gasteiger partial charge in [-0.1, -0.05) is 146 Å². The number of aryl methyl sites for hydroxylation is 1. The van der Waals surface area contributed by atoms with Gasteiger partial charge in [-0.05, 0) is 116 Å². The molecule has 9 aromatic carbocycles. The molecule has 0 radical (unpaired) electrons. The van der Waals surface area contributed by atoms with Crippen LogP contribution in [0.4, 0.5) is 17.2 Å². The van der Waals surface area contributed by atoms with E-state index in [1.54, 1.807) is 0 Å². The zero-order valence-electron chi connectivity index (χ0n) is 31.8. The third-order valence-electron chi connectivity index (χ3n) is 12.3. The van der Waals surface area contributed by atoms with Crippen LogP contribution in [-0.2, 0) is 12.8 Å². The second kappa shape index (κ2) is 13.0. The summed E-state index contributed by atoms with van der Waals surface area (Å²) in [6.45, 7) is 0. The number of hydrogen-bond acceptors (Lipinski definition) is 2. The molecular formula is C55H37N3. The molecule has 0 fully saturated rings. The quantitative estimate of drug-likeness (QED) is 0.175. The molecule has 3 nitrogen and oxygen atoms in total. The lowest BCUT2D eigenvalue weighted by Gasteiger charge is -2.31. The summed E-state index contributed by atoms with van der Waals surface area (Å²) >= 11 is 0. The van der Waals surface area contributed by atoms with Crippen LogP contribution in [0.2, 0.25) is 0 Å². The first-order valence-electron chi connectivity index (χ1n) is 20.2. The molecule has 2 heterocycles. The molecule has 3 heteroatoms. The Labute approximate surface area is 336 Å². The largest absolute Gasteiger partial charge is 0.309 e. The van der Waals surface area contributed by atoms with E-state index in [2.05, 4.69) is 204 Å². The van der Waals surface area contributed by atoms with Crippen LogP contribution in [0.15, 0.2) is 200 Å². The zero-order chi connectivity index (χ0) is 38.2. The van der Waals surface area contributed by atoms with E-state index >= 15 is 0 Å². The Morgan fingerprint density at radius 3 is 2.10 bits per heavy atom. The topological polar surface area (TPSA) is 21.1 Å². The van der Waals surface area contributed by atoms with Crippen LogP contribution in [0.3, 0.4) is 0 Å². The zero-order valence-corrected chi connectivity index (χ0v) is 31.8. The van der Waals surface area contributed by atoms with Gasteiger partial charge < -0.3 is 4.57 Å². The fraction of sp³-hybridized carbons (Fsp3) is 0.0364.